The molecule has 2 atom stereocenters. The van der Waals surface area contributed by atoms with E-state index < -0.39 is 11.5 Å². The molecule has 26 heavy (non-hydrogen) atoms. The van der Waals surface area contributed by atoms with Crippen LogP contribution >= 0.6 is 0 Å². The molecule has 1 N–H and O–H groups in total. The summed E-state index contributed by atoms with van der Waals surface area (Å²) in [5.41, 5.74) is 0.721. The number of unbranched alkanes of at least 4 members (excludes halogenated alkanes) is 2. The smallest absolute Gasteiger partial charge is 0.172 e. The van der Waals surface area contributed by atoms with Crippen LogP contribution in [0.4, 0.5) is 0 Å². The number of aryl methyl sites for hydroxylation is 1. The molecular formula is C23H32O3. The minimum atomic E-state index is -1.19. The second-order valence-corrected chi connectivity index (χ2v) is 7.08. The van der Waals surface area contributed by atoms with E-state index in [4.69, 9.17) is 4.74 Å². The summed E-state index contributed by atoms with van der Waals surface area (Å²) in [5.74, 6) is 0.0403. The minimum absolute atomic E-state index is 0.0336. The van der Waals surface area contributed by atoms with Crippen LogP contribution in [0.1, 0.15) is 68.8 Å². The molecule has 0 aromatic heterocycles. The molecule has 0 spiro atoms. The van der Waals surface area contributed by atoms with Gasteiger partial charge in [-0.05, 0) is 43.9 Å². The van der Waals surface area contributed by atoms with Crippen LogP contribution < -0.4 is 0 Å². The maximum Gasteiger partial charge on any atom is 0.172 e. The quantitative estimate of drug-likeness (QED) is 0.583. The maximum absolute atomic E-state index is 13.1. The highest BCUT2D eigenvalue weighted by Gasteiger charge is 2.40. The van der Waals surface area contributed by atoms with Crippen molar-refractivity contribution in [2.75, 3.05) is 6.61 Å². The molecule has 142 valence electrons. The lowest BCUT2D eigenvalue weighted by atomic mass is 9.76. The predicted octanol–water partition coefficient (Wildman–Crippen LogP) is 5.24. The Bertz CT molecular complexity index is 642. The van der Waals surface area contributed by atoms with E-state index in [1.165, 1.54) is 5.56 Å². The summed E-state index contributed by atoms with van der Waals surface area (Å²) >= 11 is 0. The van der Waals surface area contributed by atoms with Crippen molar-refractivity contribution in [2.45, 2.75) is 64.9 Å². The van der Waals surface area contributed by atoms with Gasteiger partial charge in [0.2, 0.25) is 0 Å². The lowest BCUT2D eigenvalue weighted by molar-refractivity contribution is 0.0288. The van der Waals surface area contributed by atoms with Gasteiger partial charge in [-0.2, -0.15) is 0 Å². The van der Waals surface area contributed by atoms with Crippen LogP contribution in [0.5, 0.6) is 0 Å². The van der Waals surface area contributed by atoms with E-state index in [-0.39, 0.29) is 5.78 Å². The normalized spacial score (nSPS) is 22.2. The molecule has 0 bridgehead atoms. The second kappa shape index (κ2) is 9.72. The van der Waals surface area contributed by atoms with Crippen molar-refractivity contribution in [1.29, 1.82) is 0 Å². The number of hydrogen-bond acceptors (Lipinski definition) is 3. The summed E-state index contributed by atoms with van der Waals surface area (Å²) in [6.45, 7) is 6.71. The predicted molar refractivity (Wildman–Crippen MR) is 106 cm³/mol. The van der Waals surface area contributed by atoms with Gasteiger partial charge >= 0.3 is 0 Å². The second-order valence-electron chi connectivity index (χ2n) is 7.08. The van der Waals surface area contributed by atoms with Gasteiger partial charge in [-0.3, -0.25) is 4.79 Å². The van der Waals surface area contributed by atoms with Gasteiger partial charge in [0.25, 0.3) is 0 Å². The van der Waals surface area contributed by atoms with E-state index in [9.17, 15) is 9.90 Å². The molecule has 2 unspecified atom stereocenters. The van der Waals surface area contributed by atoms with Crippen molar-refractivity contribution in [2.24, 2.45) is 5.92 Å². The fraction of sp³-hybridized carbons (Fsp3) is 0.522. The Kier molecular flexibility index (Phi) is 7.65. The van der Waals surface area contributed by atoms with Gasteiger partial charge in [0.1, 0.15) is 11.4 Å². The first-order chi connectivity index (χ1) is 12.5. The molecule has 0 heterocycles. The van der Waals surface area contributed by atoms with E-state index in [2.05, 4.69) is 13.8 Å². The number of aliphatic hydroxyl groups is 1. The maximum atomic E-state index is 13.1. The topological polar surface area (TPSA) is 46.5 Å². The van der Waals surface area contributed by atoms with Crippen molar-refractivity contribution >= 4 is 5.78 Å². The molecule has 0 saturated carbocycles. The number of ether oxygens (including phenoxy) is 1. The van der Waals surface area contributed by atoms with Crippen LogP contribution in [-0.2, 0) is 11.2 Å². The molecule has 0 saturated heterocycles. The van der Waals surface area contributed by atoms with E-state index in [0.717, 1.165) is 32.1 Å². The summed E-state index contributed by atoms with van der Waals surface area (Å²) in [6.07, 6.45) is 11.1. The van der Waals surface area contributed by atoms with Crippen LogP contribution in [0.2, 0.25) is 0 Å². The van der Waals surface area contributed by atoms with Gasteiger partial charge in [-0.15, -0.1) is 0 Å². The summed E-state index contributed by atoms with van der Waals surface area (Å²) in [6, 6.07) is 7.84. The number of allylic oxidation sites excluding steroid dienone is 1. The van der Waals surface area contributed by atoms with Crippen molar-refractivity contribution in [1.82, 2.24) is 0 Å². The van der Waals surface area contributed by atoms with Crippen LogP contribution in [0, 0.1) is 5.92 Å². The molecule has 1 aromatic rings. The van der Waals surface area contributed by atoms with Gasteiger partial charge in [0, 0.05) is 5.56 Å². The first kappa shape index (κ1) is 20.4. The molecule has 2 rings (SSSR count). The van der Waals surface area contributed by atoms with E-state index in [0.29, 0.717) is 24.4 Å². The minimum Gasteiger partial charge on any atom is -0.494 e. The highest BCUT2D eigenvalue weighted by Crippen LogP contribution is 2.34. The first-order valence-electron chi connectivity index (χ1n) is 9.93. The average molecular weight is 357 g/mol. The lowest BCUT2D eigenvalue weighted by Gasteiger charge is -2.34. The summed E-state index contributed by atoms with van der Waals surface area (Å²) < 4.78 is 5.55. The van der Waals surface area contributed by atoms with Crippen molar-refractivity contribution in [3.63, 3.8) is 0 Å². The van der Waals surface area contributed by atoms with E-state index >= 15 is 0 Å². The van der Waals surface area contributed by atoms with E-state index in [1.807, 2.05) is 37.3 Å². The Morgan fingerprint density at radius 1 is 1.12 bits per heavy atom. The summed E-state index contributed by atoms with van der Waals surface area (Å²) in [4.78, 5) is 13.1. The molecule has 3 heteroatoms. The zero-order valence-electron chi connectivity index (χ0n) is 16.3. The number of carbonyl (C=O) groups excluding carboxylic acids is 1. The van der Waals surface area contributed by atoms with Crippen molar-refractivity contribution in [3.8, 4) is 0 Å². The zero-order valence-corrected chi connectivity index (χ0v) is 16.3. The number of rotatable bonds is 10. The molecule has 0 aliphatic heterocycles. The fourth-order valence-corrected chi connectivity index (χ4v) is 3.40. The third-order valence-corrected chi connectivity index (χ3v) is 4.97. The highest BCUT2D eigenvalue weighted by molar-refractivity contribution is 6.00. The molecule has 0 radical (unpaired) electrons. The van der Waals surface area contributed by atoms with Gasteiger partial charge in [0.05, 0.1) is 12.5 Å². The zero-order chi connectivity index (χ0) is 19.0. The molecule has 0 fully saturated rings. The number of ketones is 1. The third kappa shape index (κ3) is 5.07. The van der Waals surface area contributed by atoms with Crippen LogP contribution in [-0.4, -0.2) is 23.1 Å². The van der Waals surface area contributed by atoms with Crippen LogP contribution in [0.25, 0.3) is 0 Å². The fourth-order valence-electron chi connectivity index (χ4n) is 3.40. The van der Waals surface area contributed by atoms with Gasteiger partial charge in [-0.1, -0.05) is 63.5 Å². The summed E-state index contributed by atoms with van der Waals surface area (Å²) in [7, 11) is 0. The number of hydrogen-bond donors (Lipinski definition) is 1. The molecule has 0 amide bonds. The van der Waals surface area contributed by atoms with Crippen LogP contribution in [0.3, 0.4) is 0 Å². The Balaban J connectivity index is 2.21. The van der Waals surface area contributed by atoms with E-state index in [1.54, 1.807) is 12.2 Å². The molecule has 1 aromatic carbocycles. The van der Waals surface area contributed by atoms with Crippen LogP contribution in [0.15, 0.2) is 48.3 Å². The van der Waals surface area contributed by atoms with Gasteiger partial charge in [0.15, 0.2) is 5.78 Å². The summed E-state index contributed by atoms with van der Waals surface area (Å²) in [5, 5.41) is 11.2. The Morgan fingerprint density at radius 3 is 2.42 bits per heavy atom. The molecule has 3 nitrogen and oxygen atoms in total. The average Bonchev–Trinajstić information content (AvgIpc) is 2.65. The molecule has 1 aliphatic rings. The number of Topliss-reactive ketones (excluding diaryl/α,β-unsaturated/α-hetero) is 1. The first-order valence-corrected chi connectivity index (χ1v) is 9.93. The Morgan fingerprint density at radius 2 is 1.81 bits per heavy atom. The number of carbonyl (C=O) groups is 1. The number of benzene rings is 1. The SMILES string of the molecule is CCCCc1ccc(C(=O)C2C=CC(OCC)=CC2(O)CCCC)cc1. The Hall–Kier alpha value is -1.87. The third-order valence-electron chi connectivity index (χ3n) is 4.97. The van der Waals surface area contributed by atoms with Gasteiger partial charge < -0.3 is 9.84 Å². The van der Waals surface area contributed by atoms with Gasteiger partial charge in [-0.25, -0.2) is 0 Å². The Labute approximate surface area is 157 Å². The molecule has 1 aliphatic carbocycles. The van der Waals surface area contributed by atoms with Crippen molar-refractivity contribution < 1.29 is 14.6 Å². The monoisotopic (exact) mass is 356 g/mol. The standard InChI is InChI=1S/C23H32O3/c1-4-7-9-18-10-12-19(13-11-18)22(24)21-15-14-20(26-6-3)17-23(21,25)16-8-5-2/h10-15,17,21,25H,4-9,16H2,1-3H3. The highest BCUT2D eigenvalue weighted by atomic mass is 16.5. The molecular weight excluding hydrogens is 324 g/mol. The van der Waals surface area contributed by atoms with Crippen molar-refractivity contribution in [3.05, 3.63) is 59.4 Å². The lowest BCUT2D eigenvalue weighted by Crippen LogP contribution is -2.41. The largest absolute Gasteiger partial charge is 0.494 e.